The van der Waals surface area contributed by atoms with Crippen molar-refractivity contribution in [2.75, 3.05) is 13.2 Å². The highest BCUT2D eigenvalue weighted by molar-refractivity contribution is 4.81. The summed E-state index contributed by atoms with van der Waals surface area (Å²) < 4.78 is 5.20. The van der Waals surface area contributed by atoms with Crippen LogP contribution in [-0.4, -0.2) is 24.4 Å². The van der Waals surface area contributed by atoms with E-state index in [9.17, 15) is 5.11 Å². The maximum Gasteiger partial charge on any atom is 0.0567 e. The molecule has 60 valence electrons. The molecular weight excluding hydrogens is 128 g/mol. The van der Waals surface area contributed by atoms with Crippen LogP contribution in [0.15, 0.2) is 0 Å². The molecule has 0 radical (unpaired) electrons. The zero-order valence-corrected chi connectivity index (χ0v) is 6.76. The second kappa shape index (κ2) is 2.89. The van der Waals surface area contributed by atoms with Crippen molar-refractivity contribution in [3.63, 3.8) is 0 Å². The first-order chi connectivity index (χ1) is 4.65. The quantitative estimate of drug-likeness (QED) is 0.599. The van der Waals surface area contributed by atoms with Crippen LogP contribution in [0.1, 0.15) is 26.7 Å². The van der Waals surface area contributed by atoms with Crippen LogP contribution in [0, 0.1) is 5.41 Å². The molecule has 0 amide bonds. The minimum atomic E-state index is -0.198. The second-order valence-corrected chi connectivity index (χ2v) is 3.44. The zero-order chi connectivity index (χ0) is 7.61. The van der Waals surface area contributed by atoms with Gasteiger partial charge in [0.2, 0.25) is 0 Å². The number of aliphatic hydroxyl groups is 1. The van der Waals surface area contributed by atoms with Gasteiger partial charge in [-0.3, -0.25) is 0 Å². The fraction of sp³-hybridized carbons (Fsp3) is 1.00. The summed E-state index contributed by atoms with van der Waals surface area (Å²) in [5.41, 5.74) is 0.109. The Morgan fingerprint density at radius 2 is 1.90 bits per heavy atom. The van der Waals surface area contributed by atoms with Gasteiger partial charge in [0.05, 0.1) is 6.10 Å². The predicted molar refractivity (Wildman–Crippen MR) is 39.8 cm³/mol. The molecule has 2 nitrogen and oxygen atoms in total. The van der Waals surface area contributed by atoms with Crippen molar-refractivity contribution in [1.82, 2.24) is 0 Å². The maximum atomic E-state index is 9.38. The number of aliphatic hydroxyl groups excluding tert-OH is 1. The predicted octanol–water partition coefficient (Wildman–Crippen LogP) is 1.18. The highest BCUT2D eigenvalue weighted by Gasteiger charge is 2.31. The summed E-state index contributed by atoms with van der Waals surface area (Å²) in [6.45, 7) is 5.61. The third-order valence-corrected chi connectivity index (χ3v) is 2.64. The molecule has 0 spiro atoms. The summed E-state index contributed by atoms with van der Waals surface area (Å²) in [5.74, 6) is 0. The van der Waals surface area contributed by atoms with E-state index in [1.807, 2.05) is 6.92 Å². The maximum absolute atomic E-state index is 9.38. The van der Waals surface area contributed by atoms with Gasteiger partial charge in [0.1, 0.15) is 0 Å². The van der Waals surface area contributed by atoms with E-state index in [1.165, 1.54) is 0 Å². The van der Waals surface area contributed by atoms with Crippen LogP contribution in [0.25, 0.3) is 0 Å². The minimum absolute atomic E-state index is 0.109. The highest BCUT2D eigenvalue weighted by Crippen LogP contribution is 2.32. The van der Waals surface area contributed by atoms with Crippen molar-refractivity contribution < 1.29 is 9.84 Å². The summed E-state index contributed by atoms with van der Waals surface area (Å²) >= 11 is 0. The van der Waals surface area contributed by atoms with Gasteiger partial charge < -0.3 is 9.84 Å². The number of hydrogen-bond donors (Lipinski definition) is 1. The molecule has 0 aromatic heterocycles. The van der Waals surface area contributed by atoms with E-state index in [-0.39, 0.29) is 11.5 Å². The Kier molecular flexibility index (Phi) is 2.32. The van der Waals surface area contributed by atoms with Crippen LogP contribution >= 0.6 is 0 Å². The van der Waals surface area contributed by atoms with Gasteiger partial charge in [-0.1, -0.05) is 6.92 Å². The van der Waals surface area contributed by atoms with Gasteiger partial charge in [-0.2, -0.15) is 0 Å². The molecule has 1 atom stereocenters. The van der Waals surface area contributed by atoms with Crippen LogP contribution in [0.4, 0.5) is 0 Å². The van der Waals surface area contributed by atoms with Gasteiger partial charge in [-0.05, 0) is 25.2 Å². The van der Waals surface area contributed by atoms with E-state index in [0.29, 0.717) is 0 Å². The first kappa shape index (κ1) is 8.02. The largest absolute Gasteiger partial charge is 0.393 e. The van der Waals surface area contributed by atoms with E-state index in [4.69, 9.17) is 4.74 Å². The molecule has 0 unspecified atom stereocenters. The lowest BCUT2D eigenvalue weighted by atomic mass is 9.78. The standard InChI is InChI=1S/C8H16O2/c1-7(9)8(2)3-5-10-6-4-8/h7,9H,3-6H2,1-2H3/t7-/m0/s1. The molecule has 1 N–H and O–H groups in total. The molecule has 0 aliphatic carbocycles. The van der Waals surface area contributed by atoms with Gasteiger partial charge in [-0.15, -0.1) is 0 Å². The van der Waals surface area contributed by atoms with Crippen LogP contribution in [-0.2, 0) is 4.74 Å². The normalized spacial score (nSPS) is 27.9. The molecule has 0 aromatic rings. The minimum Gasteiger partial charge on any atom is -0.393 e. The topological polar surface area (TPSA) is 29.5 Å². The van der Waals surface area contributed by atoms with E-state index < -0.39 is 0 Å². The van der Waals surface area contributed by atoms with E-state index in [2.05, 4.69) is 6.92 Å². The van der Waals surface area contributed by atoms with Gasteiger partial charge in [0, 0.05) is 13.2 Å². The smallest absolute Gasteiger partial charge is 0.0567 e. The lowest BCUT2D eigenvalue weighted by Gasteiger charge is -2.35. The Balaban J connectivity index is 2.48. The molecule has 10 heavy (non-hydrogen) atoms. The Morgan fingerprint density at radius 1 is 1.40 bits per heavy atom. The summed E-state index contributed by atoms with van der Waals surface area (Å²) in [6, 6.07) is 0. The number of hydrogen-bond acceptors (Lipinski definition) is 2. The Labute approximate surface area is 62.2 Å². The van der Waals surface area contributed by atoms with Gasteiger partial charge >= 0.3 is 0 Å². The molecule has 1 rings (SSSR count). The third-order valence-electron chi connectivity index (χ3n) is 2.64. The molecule has 0 bridgehead atoms. The van der Waals surface area contributed by atoms with E-state index in [1.54, 1.807) is 0 Å². The van der Waals surface area contributed by atoms with Crippen molar-refractivity contribution in [1.29, 1.82) is 0 Å². The monoisotopic (exact) mass is 144 g/mol. The van der Waals surface area contributed by atoms with E-state index >= 15 is 0 Å². The van der Waals surface area contributed by atoms with Gasteiger partial charge in [0.25, 0.3) is 0 Å². The first-order valence-electron chi connectivity index (χ1n) is 3.91. The fourth-order valence-electron chi connectivity index (χ4n) is 1.26. The SMILES string of the molecule is C[C@H](O)C1(C)CCOCC1. The first-order valence-corrected chi connectivity index (χ1v) is 3.91. The molecule has 1 aliphatic heterocycles. The zero-order valence-electron chi connectivity index (χ0n) is 6.76. The van der Waals surface area contributed by atoms with Crippen LogP contribution in [0.5, 0.6) is 0 Å². The summed E-state index contributed by atoms with van der Waals surface area (Å²) in [4.78, 5) is 0. The van der Waals surface area contributed by atoms with Crippen molar-refractivity contribution in [2.24, 2.45) is 5.41 Å². The Hall–Kier alpha value is -0.0800. The third kappa shape index (κ3) is 1.50. The van der Waals surface area contributed by atoms with Crippen molar-refractivity contribution >= 4 is 0 Å². The fourth-order valence-corrected chi connectivity index (χ4v) is 1.26. The molecule has 2 heteroatoms. The van der Waals surface area contributed by atoms with Gasteiger partial charge in [0.15, 0.2) is 0 Å². The second-order valence-electron chi connectivity index (χ2n) is 3.44. The Morgan fingerprint density at radius 3 is 2.20 bits per heavy atom. The van der Waals surface area contributed by atoms with Crippen LogP contribution in [0.2, 0.25) is 0 Å². The average molecular weight is 144 g/mol. The Bertz CT molecular complexity index is 104. The van der Waals surface area contributed by atoms with Gasteiger partial charge in [-0.25, -0.2) is 0 Å². The summed E-state index contributed by atoms with van der Waals surface area (Å²) in [5, 5.41) is 9.38. The lowest BCUT2D eigenvalue weighted by molar-refractivity contribution is -0.0431. The average Bonchev–Trinajstić information content (AvgIpc) is 1.89. The molecule has 1 saturated heterocycles. The molecule has 1 aliphatic rings. The highest BCUT2D eigenvalue weighted by atomic mass is 16.5. The summed E-state index contributed by atoms with van der Waals surface area (Å²) in [6.07, 6.45) is 1.78. The van der Waals surface area contributed by atoms with Crippen LogP contribution < -0.4 is 0 Å². The van der Waals surface area contributed by atoms with E-state index in [0.717, 1.165) is 26.1 Å². The molecule has 1 fully saturated rings. The molecule has 0 saturated carbocycles. The van der Waals surface area contributed by atoms with Crippen LogP contribution in [0.3, 0.4) is 0 Å². The molecular formula is C8H16O2. The number of ether oxygens (including phenoxy) is 1. The molecule has 0 aromatic carbocycles. The van der Waals surface area contributed by atoms with Crippen molar-refractivity contribution in [3.8, 4) is 0 Å². The lowest BCUT2D eigenvalue weighted by Crippen LogP contribution is -2.35. The van der Waals surface area contributed by atoms with Crippen molar-refractivity contribution in [2.45, 2.75) is 32.8 Å². The number of rotatable bonds is 1. The molecule has 1 heterocycles. The summed E-state index contributed by atoms with van der Waals surface area (Å²) in [7, 11) is 0. The van der Waals surface area contributed by atoms with Crippen molar-refractivity contribution in [3.05, 3.63) is 0 Å².